The Labute approximate surface area is 90.6 Å². The number of hydrogen-bond donors (Lipinski definition) is 1. The summed E-state index contributed by atoms with van der Waals surface area (Å²) < 4.78 is 4.63. The molecule has 0 unspecified atom stereocenters. The zero-order valence-corrected chi connectivity index (χ0v) is 8.19. The molecular formula is C12H7NO3. The van der Waals surface area contributed by atoms with Gasteiger partial charge in [-0.1, -0.05) is 18.2 Å². The normalized spacial score (nSPS) is 14.0. The van der Waals surface area contributed by atoms with E-state index >= 15 is 0 Å². The summed E-state index contributed by atoms with van der Waals surface area (Å²) in [5.41, 5.74) is 6.73. The lowest BCUT2D eigenvalue weighted by Gasteiger charge is -2.16. The maximum absolute atomic E-state index is 11.6. The molecular weight excluding hydrogens is 206 g/mol. The van der Waals surface area contributed by atoms with Gasteiger partial charge in [0.25, 0.3) is 0 Å². The highest BCUT2D eigenvalue weighted by atomic mass is 16.6. The van der Waals surface area contributed by atoms with Crippen LogP contribution >= 0.6 is 0 Å². The van der Waals surface area contributed by atoms with Crippen LogP contribution in [0.2, 0.25) is 0 Å². The van der Waals surface area contributed by atoms with Gasteiger partial charge >= 0.3 is 11.9 Å². The summed E-state index contributed by atoms with van der Waals surface area (Å²) in [4.78, 5) is 23.1. The standard InChI is InChI=1S/C12H7NO3/c13-8-5-4-6-2-1-3-7-9(6)10(8)12(15)16-11(7)14/h1-5H,13H2. The third-order valence-electron chi connectivity index (χ3n) is 2.69. The Bertz CT molecular complexity index is 646. The predicted octanol–water partition coefficient (Wildman–Crippen LogP) is 1.73. The first-order valence-electron chi connectivity index (χ1n) is 4.76. The summed E-state index contributed by atoms with van der Waals surface area (Å²) in [6.07, 6.45) is 0. The fraction of sp³-hybridized carbons (Fsp3) is 0. The molecule has 16 heavy (non-hydrogen) atoms. The van der Waals surface area contributed by atoms with Crippen LogP contribution in [0.4, 0.5) is 5.69 Å². The van der Waals surface area contributed by atoms with Gasteiger partial charge in [-0.2, -0.15) is 0 Å². The van der Waals surface area contributed by atoms with Crippen molar-refractivity contribution in [1.82, 2.24) is 0 Å². The van der Waals surface area contributed by atoms with E-state index in [9.17, 15) is 9.59 Å². The Hall–Kier alpha value is -2.36. The fourth-order valence-corrected chi connectivity index (χ4v) is 1.98. The van der Waals surface area contributed by atoms with E-state index in [0.717, 1.165) is 5.39 Å². The SMILES string of the molecule is Nc1ccc2cccc3c2c1C(=O)OC3=O. The number of anilines is 1. The summed E-state index contributed by atoms with van der Waals surface area (Å²) in [5.74, 6) is -1.29. The van der Waals surface area contributed by atoms with Crippen molar-refractivity contribution < 1.29 is 14.3 Å². The molecule has 0 radical (unpaired) electrons. The van der Waals surface area contributed by atoms with Crippen molar-refractivity contribution in [1.29, 1.82) is 0 Å². The molecule has 0 spiro atoms. The van der Waals surface area contributed by atoms with Gasteiger partial charge in [-0.3, -0.25) is 0 Å². The van der Waals surface area contributed by atoms with Crippen LogP contribution in [0, 0.1) is 0 Å². The number of rotatable bonds is 0. The van der Waals surface area contributed by atoms with Gasteiger partial charge in [0.2, 0.25) is 0 Å². The van der Waals surface area contributed by atoms with Gasteiger partial charge in [0.1, 0.15) is 0 Å². The molecule has 1 heterocycles. The molecule has 0 aliphatic carbocycles. The van der Waals surface area contributed by atoms with E-state index in [1.165, 1.54) is 0 Å². The Morgan fingerprint density at radius 2 is 1.81 bits per heavy atom. The average molecular weight is 213 g/mol. The average Bonchev–Trinajstić information content (AvgIpc) is 2.26. The Morgan fingerprint density at radius 1 is 1.00 bits per heavy atom. The highest BCUT2D eigenvalue weighted by Crippen LogP contribution is 2.31. The van der Waals surface area contributed by atoms with Crippen LogP contribution in [-0.4, -0.2) is 11.9 Å². The molecule has 0 fully saturated rings. The number of carbonyl (C=O) groups excluding carboxylic acids is 2. The smallest absolute Gasteiger partial charge is 0.348 e. The maximum Gasteiger partial charge on any atom is 0.348 e. The van der Waals surface area contributed by atoms with Gasteiger partial charge in [-0.15, -0.1) is 0 Å². The monoisotopic (exact) mass is 213 g/mol. The third kappa shape index (κ3) is 0.982. The summed E-state index contributed by atoms with van der Waals surface area (Å²) in [7, 11) is 0. The topological polar surface area (TPSA) is 69.4 Å². The lowest BCUT2D eigenvalue weighted by Crippen LogP contribution is -2.20. The van der Waals surface area contributed by atoms with E-state index in [1.54, 1.807) is 24.3 Å². The largest absolute Gasteiger partial charge is 0.398 e. The Morgan fingerprint density at radius 3 is 2.62 bits per heavy atom. The van der Waals surface area contributed by atoms with E-state index in [0.29, 0.717) is 16.6 Å². The molecule has 4 heteroatoms. The molecule has 2 aromatic carbocycles. The first-order valence-corrected chi connectivity index (χ1v) is 4.76. The van der Waals surface area contributed by atoms with Crippen molar-refractivity contribution in [3.8, 4) is 0 Å². The van der Waals surface area contributed by atoms with E-state index in [4.69, 9.17) is 5.73 Å². The molecule has 0 saturated carbocycles. The summed E-state index contributed by atoms with van der Waals surface area (Å²) in [5, 5.41) is 1.40. The van der Waals surface area contributed by atoms with E-state index in [-0.39, 0.29) is 5.56 Å². The van der Waals surface area contributed by atoms with Gasteiger partial charge in [0.05, 0.1) is 11.1 Å². The van der Waals surface area contributed by atoms with E-state index in [2.05, 4.69) is 4.74 Å². The Balaban J connectivity index is 2.58. The molecule has 0 amide bonds. The van der Waals surface area contributed by atoms with Crippen molar-refractivity contribution in [3.05, 3.63) is 41.5 Å². The van der Waals surface area contributed by atoms with Crippen LogP contribution in [0.5, 0.6) is 0 Å². The van der Waals surface area contributed by atoms with Gasteiger partial charge in [-0.25, -0.2) is 9.59 Å². The molecule has 0 bridgehead atoms. The van der Waals surface area contributed by atoms with Crippen molar-refractivity contribution >= 4 is 28.4 Å². The van der Waals surface area contributed by atoms with Crippen molar-refractivity contribution in [2.45, 2.75) is 0 Å². The molecule has 0 saturated heterocycles. The molecule has 0 aromatic heterocycles. The third-order valence-corrected chi connectivity index (χ3v) is 2.69. The Kier molecular flexibility index (Phi) is 1.57. The second kappa shape index (κ2) is 2.82. The quantitative estimate of drug-likeness (QED) is 0.411. The summed E-state index contributed by atoms with van der Waals surface area (Å²) >= 11 is 0. The lowest BCUT2D eigenvalue weighted by molar-refractivity contribution is 0.0392. The molecule has 2 N–H and O–H groups in total. The number of nitrogen functional groups attached to an aromatic ring is 1. The van der Waals surface area contributed by atoms with Gasteiger partial charge < -0.3 is 10.5 Å². The van der Waals surface area contributed by atoms with Crippen LogP contribution in [0.25, 0.3) is 10.8 Å². The van der Waals surface area contributed by atoms with Crippen molar-refractivity contribution in [2.24, 2.45) is 0 Å². The minimum atomic E-state index is -0.674. The molecule has 0 atom stereocenters. The lowest BCUT2D eigenvalue weighted by atomic mass is 9.96. The molecule has 78 valence electrons. The van der Waals surface area contributed by atoms with Gasteiger partial charge in [0.15, 0.2) is 0 Å². The fourth-order valence-electron chi connectivity index (χ4n) is 1.98. The first-order chi connectivity index (χ1) is 7.68. The zero-order chi connectivity index (χ0) is 11.3. The summed E-state index contributed by atoms with van der Waals surface area (Å²) in [6, 6.07) is 8.62. The van der Waals surface area contributed by atoms with Crippen LogP contribution < -0.4 is 5.73 Å². The number of carbonyl (C=O) groups is 2. The van der Waals surface area contributed by atoms with Crippen LogP contribution in [0.3, 0.4) is 0 Å². The van der Waals surface area contributed by atoms with E-state index in [1.807, 2.05) is 6.07 Å². The van der Waals surface area contributed by atoms with Crippen molar-refractivity contribution in [3.63, 3.8) is 0 Å². The highest BCUT2D eigenvalue weighted by molar-refractivity contribution is 6.22. The van der Waals surface area contributed by atoms with Crippen molar-refractivity contribution in [2.75, 3.05) is 5.73 Å². The van der Waals surface area contributed by atoms with Gasteiger partial charge in [-0.05, 0) is 17.5 Å². The first kappa shape index (κ1) is 8.91. The van der Waals surface area contributed by atoms with Crippen LogP contribution in [0.1, 0.15) is 20.7 Å². The number of benzene rings is 2. The highest BCUT2D eigenvalue weighted by Gasteiger charge is 2.28. The van der Waals surface area contributed by atoms with Crippen LogP contribution in [0.15, 0.2) is 30.3 Å². The number of esters is 2. The van der Waals surface area contributed by atoms with Crippen LogP contribution in [-0.2, 0) is 4.74 Å². The summed E-state index contributed by atoms with van der Waals surface area (Å²) in [6.45, 7) is 0. The predicted molar refractivity (Wildman–Crippen MR) is 58.1 cm³/mol. The minimum Gasteiger partial charge on any atom is -0.398 e. The number of ether oxygens (including phenoxy) is 1. The second-order valence-corrected chi connectivity index (χ2v) is 3.61. The minimum absolute atomic E-state index is 0.285. The maximum atomic E-state index is 11.6. The number of hydrogen-bond acceptors (Lipinski definition) is 4. The molecule has 1 aliphatic rings. The number of cyclic esters (lactones) is 2. The number of nitrogens with two attached hydrogens (primary N) is 1. The molecule has 3 rings (SSSR count). The molecule has 4 nitrogen and oxygen atoms in total. The second-order valence-electron chi connectivity index (χ2n) is 3.61. The zero-order valence-electron chi connectivity index (χ0n) is 8.19. The van der Waals surface area contributed by atoms with Gasteiger partial charge in [0, 0.05) is 11.1 Å². The molecule has 1 aliphatic heterocycles. The van der Waals surface area contributed by atoms with E-state index < -0.39 is 11.9 Å². The molecule has 2 aromatic rings.